The maximum atomic E-state index is 13.8. The minimum Gasteiger partial charge on any atom is -0.493 e. The molecule has 4 rings (SSSR count). The van der Waals surface area contributed by atoms with Crippen LogP contribution in [0.25, 0.3) is 0 Å². The van der Waals surface area contributed by atoms with E-state index in [0.29, 0.717) is 39.7 Å². The van der Waals surface area contributed by atoms with Gasteiger partial charge < -0.3 is 29.2 Å². The van der Waals surface area contributed by atoms with Crippen molar-refractivity contribution in [1.29, 1.82) is 0 Å². The first-order valence-corrected chi connectivity index (χ1v) is 11.6. The fraction of sp³-hybridized carbons (Fsp3) is 0.286. The van der Waals surface area contributed by atoms with Crippen molar-refractivity contribution < 1.29 is 32.9 Å². The van der Waals surface area contributed by atoms with Crippen LogP contribution < -0.4 is 24.3 Å². The molecule has 9 heteroatoms. The molecule has 37 heavy (non-hydrogen) atoms. The van der Waals surface area contributed by atoms with Gasteiger partial charge in [-0.15, -0.1) is 0 Å². The summed E-state index contributed by atoms with van der Waals surface area (Å²) in [7, 11) is 7.70. The summed E-state index contributed by atoms with van der Waals surface area (Å²) in [5, 5.41) is 2.95. The molecule has 1 aliphatic heterocycles. The molecule has 1 aliphatic rings. The molecule has 0 aliphatic carbocycles. The van der Waals surface area contributed by atoms with E-state index in [9.17, 15) is 14.0 Å². The number of hydrogen-bond acceptors (Lipinski definition) is 6. The number of methoxy groups -OCH3 is 4. The first kappa shape index (κ1) is 25.8. The Hall–Kier alpha value is -4.27. The van der Waals surface area contributed by atoms with Crippen molar-refractivity contribution in [2.75, 3.05) is 35.5 Å². The minimum absolute atomic E-state index is 0.189. The Balaban J connectivity index is 1.82. The number of fused-ring (bicyclic) bond motifs is 1. The van der Waals surface area contributed by atoms with Gasteiger partial charge in [0.2, 0.25) is 5.91 Å². The molecule has 2 amide bonds. The summed E-state index contributed by atoms with van der Waals surface area (Å²) < 4.78 is 35.1. The zero-order valence-corrected chi connectivity index (χ0v) is 21.3. The van der Waals surface area contributed by atoms with E-state index in [0.717, 1.165) is 5.56 Å². The molecular formula is C28H29FN2O6. The van der Waals surface area contributed by atoms with Crippen LogP contribution >= 0.6 is 0 Å². The monoisotopic (exact) mass is 508 g/mol. The van der Waals surface area contributed by atoms with Gasteiger partial charge in [0.1, 0.15) is 5.82 Å². The number of amides is 2. The zero-order chi connectivity index (χ0) is 26.7. The number of benzene rings is 3. The number of hydrogen-bond donors (Lipinski definition) is 1. The number of likely N-dealkylation sites (N-methyl/N-ethyl adjacent to an activating group) is 1. The highest BCUT2D eigenvalue weighted by molar-refractivity contribution is 6.02. The molecule has 0 spiro atoms. The van der Waals surface area contributed by atoms with Crippen LogP contribution in [0.1, 0.15) is 39.0 Å². The van der Waals surface area contributed by atoms with Gasteiger partial charge in [0.25, 0.3) is 5.91 Å². The summed E-state index contributed by atoms with van der Waals surface area (Å²) in [6.45, 7) is 0.189. The third-order valence-electron chi connectivity index (χ3n) is 6.59. The molecule has 0 radical (unpaired) electrons. The highest BCUT2D eigenvalue weighted by atomic mass is 19.1. The number of nitrogens with zero attached hydrogens (tertiary/aromatic N) is 1. The summed E-state index contributed by atoms with van der Waals surface area (Å²) in [4.78, 5) is 28.9. The predicted octanol–water partition coefficient (Wildman–Crippen LogP) is 4.09. The van der Waals surface area contributed by atoms with Crippen LogP contribution in [0.2, 0.25) is 0 Å². The normalized spacial score (nSPS) is 16.6. The fourth-order valence-electron chi connectivity index (χ4n) is 4.69. The highest BCUT2D eigenvalue weighted by Crippen LogP contribution is 2.46. The zero-order valence-electron chi connectivity index (χ0n) is 21.3. The second-order valence-electron chi connectivity index (χ2n) is 8.59. The second-order valence-corrected chi connectivity index (χ2v) is 8.59. The maximum Gasteiger partial charge on any atom is 0.254 e. The summed E-state index contributed by atoms with van der Waals surface area (Å²) in [5.41, 5.74) is 2.29. The molecule has 0 saturated carbocycles. The molecule has 3 aromatic carbocycles. The molecule has 0 fully saturated rings. The quantitative estimate of drug-likeness (QED) is 0.494. The lowest BCUT2D eigenvalue weighted by Gasteiger charge is -2.40. The summed E-state index contributed by atoms with van der Waals surface area (Å²) in [6.07, 6.45) is 0. The number of nitrogens with one attached hydrogen (secondary N) is 1. The van der Waals surface area contributed by atoms with Gasteiger partial charge in [0.05, 0.1) is 40.4 Å². The van der Waals surface area contributed by atoms with Crippen molar-refractivity contribution in [2.45, 2.75) is 18.5 Å². The lowest BCUT2D eigenvalue weighted by Crippen LogP contribution is -2.45. The predicted molar refractivity (Wildman–Crippen MR) is 135 cm³/mol. The van der Waals surface area contributed by atoms with Crippen LogP contribution in [0, 0.1) is 5.82 Å². The number of carbonyl (C=O) groups is 2. The molecule has 0 unspecified atom stereocenters. The Morgan fingerprint density at radius 1 is 0.865 bits per heavy atom. The summed E-state index contributed by atoms with van der Waals surface area (Å²) >= 11 is 0. The molecular weight excluding hydrogens is 479 g/mol. The van der Waals surface area contributed by atoms with Crippen molar-refractivity contribution in [3.63, 3.8) is 0 Å². The van der Waals surface area contributed by atoms with Gasteiger partial charge in [-0.3, -0.25) is 9.59 Å². The van der Waals surface area contributed by atoms with Crippen LogP contribution in [0.4, 0.5) is 4.39 Å². The molecule has 194 valence electrons. The molecule has 2 atom stereocenters. The van der Waals surface area contributed by atoms with E-state index in [2.05, 4.69) is 5.32 Å². The number of rotatable bonds is 8. The van der Waals surface area contributed by atoms with E-state index < -0.39 is 12.0 Å². The van der Waals surface area contributed by atoms with Gasteiger partial charge in [-0.2, -0.15) is 0 Å². The van der Waals surface area contributed by atoms with Crippen molar-refractivity contribution in [3.05, 3.63) is 82.7 Å². The maximum absolute atomic E-state index is 13.8. The van der Waals surface area contributed by atoms with Crippen molar-refractivity contribution in [1.82, 2.24) is 10.2 Å². The van der Waals surface area contributed by atoms with E-state index >= 15 is 0 Å². The average molecular weight is 509 g/mol. The van der Waals surface area contributed by atoms with Gasteiger partial charge in [0.15, 0.2) is 23.0 Å². The molecule has 0 aromatic heterocycles. The van der Waals surface area contributed by atoms with Crippen molar-refractivity contribution in [3.8, 4) is 23.0 Å². The molecule has 1 N–H and O–H groups in total. The summed E-state index contributed by atoms with van der Waals surface area (Å²) in [5.74, 6) is 0.0703. The number of halogens is 1. The Morgan fingerprint density at radius 3 is 2.08 bits per heavy atom. The van der Waals surface area contributed by atoms with Crippen LogP contribution in [0.5, 0.6) is 23.0 Å². The smallest absolute Gasteiger partial charge is 0.254 e. The van der Waals surface area contributed by atoms with E-state index in [-0.39, 0.29) is 24.2 Å². The number of ether oxygens (including phenoxy) is 4. The highest BCUT2D eigenvalue weighted by Gasteiger charge is 2.43. The van der Waals surface area contributed by atoms with Crippen LogP contribution in [-0.4, -0.2) is 52.2 Å². The van der Waals surface area contributed by atoms with Gasteiger partial charge in [-0.1, -0.05) is 18.2 Å². The van der Waals surface area contributed by atoms with Crippen molar-refractivity contribution in [2.24, 2.45) is 0 Å². The van der Waals surface area contributed by atoms with Crippen LogP contribution in [-0.2, 0) is 11.3 Å². The Labute approximate surface area is 214 Å². The fourth-order valence-corrected chi connectivity index (χ4v) is 4.69. The average Bonchev–Trinajstić information content (AvgIpc) is 2.93. The van der Waals surface area contributed by atoms with Crippen molar-refractivity contribution >= 4 is 11.8 Å². The third kappa shape index (κ3) is 4.89. The Morgan fingerprint density at radius 2 is 1.46 bits per heavy atom. The second kappa shape index (κ2) is 10.8. The third-order valence-corrected chi connectivity index (χ3v) is 6.59. The van der Waals surface area contributed by atoms with Gasteiger partial charge >= 0.3 is 0 Å². The minimum atomic E-state index is -0.795. The molecule has 3 aromatic rings. The largest absolute Gasteiger partial charge is 0.493 e. The Kier molecular flexibility index (Phi) is 7.52. The SMILES string of the molecule is COc1ccc([C@@H]2[C@H](C(=O)NCc3ccc(F)cc3)c3cc(OC)c(OC)cc3C(=O)N2C)cc1OC. The topological polar surface area (TPSA) is 86.3 Å². The first-order chi connectivity index (χ1) is 17.8. The van der Waals surface area contributed by atoms with E-state index in [1.54, 1.807) is 43.4 Å². The molecule has 0 bridgehead atoms. The first-order valence-electron chi connectivity index (χ1n) is 11.6. The van der Waals surface area contributed by atoms with E-state index in [4.69, 9.17) is 18.9 Å². The van der Waals surface area contributed by atoms with Crippen LogP contribution in [0.3, 0.4) is 0 Å². The molecule has 1 heterocycles. The number of carbonyl (C=O) groups excluding carboxylic acids is 2. The molecule has 0 saturated heterocycles. The lowest BCUT2D eigenvalue weighted by molar-refractivity contribution is -0.124. The van der Waals surface area contributed by atoms with Gasteiger partial charge in [0, 0.05) is 19.2 Å². The standard InChI is InChI=1S/C28H29FN2O6/c1-31-26(17-8-11-21(34-2)22(12-17)35-3)25(27(32)30-15-16-6-9-18(29)10-7-16)19-13-23(36-4)24(37-5)14-20(19)28(31)33/h6-14,25-26H,15H2,1-5H3,(H,30,32)/t25-,26-/m1/s1. The van der Waals surface area contributed by atoms with Gasteiger partial charge in [-0.25, -0.2) is 4.39 Å². The van der Waals surface area contributed by atoms with E-state index in [1.165, 1.54) is 45.5 Å². The Bertz CT molecular complexity index is 1310. The lowest BCUT2D eigenvalue weighted by atomic mass is 9.79. The van der Waals surface area contributed by atoms with E-state index in [1.807, 2.05) is 6.07 Å². The van der Waals surface area contributed by atoms with Crippen LogP contribution in [0.15, 0.2) is 54.6 Å². The van der Waals surface area contributed by atoms with Gasteiger partial charge in [-0.05, 0) is 53.1 Å². The summed E-state index contributed by atoms with van der Waals surface area (Å²) in [6, 6.07) is 13.8. The molecule has 8 nitrogen and oxygen atoms in total.